The zero-order valence-corrected chi connectivity index (χ0v) is 11.8. The molecule has 0 aliphatic rings. The maximum absolute atomic E-state index is 11.9. The van der Waals surface area contributed by atoms with Crippen molar-refractivity contribution in [1.29, 1.82) is 0 Å². The third kappa shape index (κ3) is 4.01. The quantitative estimate of drug-likeness (QED) is 0.429. The van der Waals surface area contributed by atoms with Crippen LogP contribution in [0.1, 0.15) is 16.6 Å². The molecule has 1 atom stereocenters. The Morgan fingerprint density at radius 1 is 1.30 bits per heavy atom. The highest BCUT2D eigenvalue weighted by Gasteiger charge is 2.32. The number of carbonyl (C=O) groups is 2. The van der Waals surface area contributed by atoms with Gasteiger partial charge in [0.25, 0.3) is 5.91 Å². The predicted molar refractivity (Wildman–Crippen MR) is 73.4 cm³/mol. The number of thiophene rings is 1. The van der Waals surface area contributed by atoms with Crippen molar-refractivity contribution in [2.75, 3.05) is 19.8 Å². The van der Waals surface area contributed by atoms with Gasteiger partial charge >= 0.3 is 0 Å². The van der Waals surface area contributed by atoms with E-state index in [9.17, 15) is 9.59 Å². The summed E-state index contributed by atoms with van der Waals surface area (Å²) >= 11 is 1.25. The summed E-state index contributed by atoms with van der Waals surface area (Å²) in [5.74, 6) is -0.989. The number of rotatable bonds is 7. The van der Waals surface area contributed by atoms with Gasteiger partial charge in [0.05, 0.1) is 24.7 Å². The Bertz CT molecular complexity index is 436. The Balaban J connectivity index is 2.61. The number of aliphatic hydroxyl groups is 3. The summed E-state index contributed by atoms with van der Waals surface area (Å²) in [7, 11) is 0. The second-order valence-electron chi connectivity index (χ2n) is 4.42. The molecule has 0 radical (unpaired) electrons. The first-order valence-electron chi connectivity index (χ1n) is 5.97. The molecule has 0 saturated heterocycles. The lowest BCUT2D eigenvalue weighted by molar-refractivity contribution is -0.126. The number of hydrogen-bond donors (Lipinski definition) is 5. The van der Waals surface area contributed by atoms with Crippen LogP contribution in [-0.4, -0.2) is 58.5 Å². The van der Waals surface area contributed by atoms with Crippen LogP contribution < -0.4 is 10.6 Å². The van der Waals surface area contributed by atoms with Crippen molar-refractivity contribution in [2.45, 2.75) is 18.5 Å². The maximum atomic E-state index is 11.9. The first-order valence-corrected chi connectivity index (χ1v) is 6.85. The second kappa shape index (κ2) is 7.34. The lowest BCUT2D eigenvalue weighted by Crippen LogP contribution is -2.60. The fraction of sp³-hybridized carbons (Fsp3) is 0.500. The highest BCUT2D eigenvalue weighted by atomic mass is 32.1. The molecule has 2 amide bonds. The summed E-state index contributed by atoms with van der Waals surface area (Å²) in [5, 5.41) is 33.9. The van der Waals surface area contributed by atoms with E-state index in [0.29, 0.717) is 4.88 Å². The van der Waals surface area contributed by atoms with E-state index in [-0.39, 0.29) is 5.91 Å². The van der Waals surface area contributed by atoms with Gasteiger partial charge in [-0.1, -0.05) is 6.07 Å². The third-order valence-corrected chi connectivity index (χ3v) is 3.65. The average Bonchev–Trinajstić information content (AvgIpc) is 2.99. The molecule has 1 aromatic heterocycles. The molecule has 7 nitrogen and oxygen atoms in total. The minimum atomic E-state index is -1.50. The van der Waals surface area contributed by atoms with E-state index in [1.54, 1.807) is 17.5 Å². The molecule has 0 aliphatic heterocycles. The van der Waals surface area contributed by atoms with Gasteiger partial charge in [-0.05, 0) is 18.4 Å². The number of hydrogen-bond acceptors (Lipinski definition) is 6. The summed E-state index contributed by atoms with van der Waals surface area (Å²) in [5.41, 5.74) is -1.50. The zero-order chi connectivity index (χ0) is 15.2. The van der Waals surface area contributed by atoms with Crippen LogP contribution in [0, 0.1) is 0 Å². The van der Waals surface area contributed by atoms with Crippen molar-refractivity contribution in [1.82, 2.24) is 10.6 Å². The molecule has 0 bridgehead atoms. The van der Waals surface area contributed by atoms with Gasteiger partial charge in [-0.15, -0.1) is 11.3 Å². The maximum Gasteiger partial charge on any atom is 0.261 e. The Kier molecular flexibility index (Phi) is 6.08. The Labute approximate surface area is 120 Å². The molecule has 1 aromatic rings. The summed E-state index contributed by atoms with van der Waals surface area (Å²) in [6.07, 6.45) is 0. The SMILES string of the molecule is CC(NC(=O)c1cccs1)C(=O)NC(CO)(CO)CO. The van der Waals surface area contributed by atoms with Crippen LogP contribution in [0.25, 0.3) is 0 Å². The van der Waals surface area contributed by atoms with Gasteiger partial charge in [0, 0.05) is 0 Å². The molecular formula is C12H18N2O5S. The van der Waals surface area contributed by atoms with Crippen LogP contribution in [0.4, 0.5) is 0 Å². The summed E-state index contributed by atoms with van der Waals surface area (Å²) in [4.78, 5) is 24.1. The zero-order valence-electron chi connectivity index (χ0n) is 11.0. The minimum Gasteiger partial charge on any atom is -0.394 e. The molecule has 0 aromatic carbocycles. The van der Waals surface area contributed by atoms with E-state index in [1.807, 2.05) is 0 Å². The molecule has 1 rings (SSSR count). The van der Waals surface area contributed by atoms with E-state index >= 15 is 0 Å². The lowest BCUT2D eigenvalue weighted by atomic mass is 10.0. The highest BCUT2D eigenvalue weighted by molar-refractivity contribution is 7.12. The van der Waals surface area contributed by atoms with E-state index in [1.165, 1.54) is 18.3 Å². The van der Waals surface area contributed by atoms with Crippen LogP contribution in [0.15, 0.2) is 17.5 Å². The van der Waals surface area contributed by atoms with Gasteiger partial charge in [-0.2, -0.15) is 0 Å². The Hall–Kier alpha value is -1.48. The molecule has 0 spiro atoms. The van der Waals surface area contributed by atoms with E-state index < -0.39 is 37.3 Å². The van der Waals surface area contributed by atoms with E-state index in [0.717, 1.165) is 0 Å². The molecule has 0 aliphatic carbocycles. The van der Waals surface area contributed by atoms with E-state index in [4.69, 9.17) is 15.3 Å². The highest BCUT2D eigenvalue weighted by Crippen LogP contribution is 2.08. The molecule has 112 valence electrons. The van der Waals surface area contributed by atoms with Crippen molar-refractivity contribution >= 4 is 23.2 Å². The predicted octanol–water partition coefficient (Wildman–Crippen LogP) is -1.30. The fourth-order valence-electron chi connectivity index (χ4n) is 1.38. The summed E-state index contributed by atoms with van der Waals surface area (Å²) < 4.78 is 0. The number of nitrogens with one attached hydrogen (secondary N) is 2. The second-order valence-corrected chi connectivity index (χ2v) is 5.36. The van der Waals surface area contributed by atoms with E-state index in [2.05, 4.69) is 10.6 Å². The van der Waals surface area contributed by atoms with Gasteiger partial charge in [0.2, 0.25) is 5.91 Å². The topological polar surface area (TPSA) is 119 Å². The number of amides is 2. The van der Waals surface area contributed by atoms with Crippen LogP contribution in [0.2, 0.25) is 0 Å². The first-order chi connectivity index (χ1) is 9.48. The van der Waals surface area contributed by atoms with Gasteiger partial charge in [0.1, 0.15) is 11.6 Å². The van der Waals surface area contributed by atoms with Crippen molar-refractivity contribution < 1.29 is 24.9 Å². The Morgan fingerprint density at radius 2 is 1.90 bits per heavy atom. The molecule has 1 heterocycles. The molecule has 5 N–H and O–H groups in total. The normalized spacial score (nSPS) is 12.8. The molecule has 1 unspecified atom stereocenters. The van der Waals surface area contributed by atoms with Crippen LogP contribution in [0.5, 0.6) is 0 Å². The lowest BCUT2D eigenvalue weighted by Gasteiger charge is -2.30. The molecule has 20 heavy (non-hydrogen) atoms. The van der Waals surface area contributed by atoms with Crippen molar-refractivity contribution in [3.05, 3.63) is 22.4 Å². The molecule has 0 saturated carbocycles. The minimum absolute atomic E-state index is 0.384. The molecular weight excluding hydrogens is 284 g/mol. The van der Waals surface area contributed by atoms with Crippen LogP contribution in [0.3, 0.4) is 0 Å². The first kappa shape index (κ1) is 16.6. The number of carbonyl (C=O) groups excluding carboxylic acids is 2. The summed E-state index contributed by atoms with van der Waals surface area (Å²) in [6.45, 7) is -0.371. The Morgan fingerprint density at radius 3 is 2.35 bits per heavy atom. The van der Waals surface area contributed by atoms with Crippen molar-refractivity contribution in [3.8, 4) is 0 Å². The molecule has 8 heteroatoms. The van der Waals surface area contributed by atoms with Gasteiger partial charge in [-0.25, -0.2) is 0 Å². The average molecular weight is 302 g/mol. The third-order valence-electron chi connectivity index (χ3n) is 2.78. The van der Waals surface area contributed by atoms with Gasteiger partial charge < -0.3 is 26.0 Å². The molecule has 0 fully saturated rings. The van der Waals surface area contributed by atoms with Crippen molar-refractivity contribution in [3.63, 3.8) is 0 Å². The van der Waals surface area contributed by atoms with Crippen LogP contribution >= 0.6 is 11.3 Å². The smallest absolute Gasteiger partial charge is 0.261 e. The largest absolute Gasteiger partial charge is 0.394 e. The fourth-order valence-corrected chi connectivity index (χ4v) is 2.01. The monoisotopic (exact) mass is 302 g/mol. The van der Waals surface area contributed by atoms with Crippen LogP contribution in [-0.2, 0) is 4.79 Å². The summed E-state index contributed by atoms with van der Waals surface area (Å²) in [6, 6.07) is 2.48. The standard InChI is InChI=1S/C12H18N2O5S/c1-8(13-11(19)9-3-2-4-20-9)10(18)14-12(5-15,6-16)7-17/h2-4,8,15-17H,5-7H2,1H3,(H,13,19)(H,14,18). The van der Waals surface area contributed by atoms with Gasteiger partial charge in [0.15, 0.2) is 0 Å². The van der Waals surface area contributed by atoms with Crippen molar-refractivity contribution in [2.24, 2.45) is 0 Å². The van der Waals surface area contributed by atoms with Gasteiger partial charge in [-0.3, -0.25) is 9.59 Å². The number of aliphatic hydroxyl groups excluding tert-OH is 3.